The van der Waals surface area contributed by atoms with Crippen LogP contribution in [-0.4, -0.2) is 36.1 Å². The van der Waals surface area contributed by atoms with E-state index in [1.54, 1.807) is 0 Å². The van der Waals surface area contributed by atoms with Gasteiger partial charge in [0.05, 0.1) is 0 Å². The van der Waals surface area contributed by atoms with Gasteiger partial charge in [0.2, 0.25) is 11.8 Å². The topological polar surface area (TPSA) is 78.4 Å². The monoisotopic (exact) mass is 214 g/mol. The summed E-state index contributed by atoms with van der Waals surface area (Å²) in [6.45, 7) is 0.817. The fourth-order valence-electron chi connectivity index (χ4n) is 1.56. The summed E-state index contributed by atoms with van der Waals surface area (Å²) in [6, 6.07) is -0.338. The van der Waals surface area contributed by atoms with Gasteiger partial charge in [-0.3, -0.25) is 9.59 Å². The largest absolute Gasteiger partial charge is 0.396 e. The number of nitrogens with one attached hydrogen (secondary N) is 2. The Morgan fingerprint density at radius 2 is 2.27 bits per heavy atom. The van der Waals surface area contributed by atoms with Gasteiger partial charge in [-0.25, -0.2) is 0 Å². The third-order valence-electron chi connectivity index (χ3n) is 2.45. The Morgan fingerprint density at radius 1 is 1.47 bits per heavy atom. The number of rotatable bonds is 6. The molecule has 1 atom stereocenters. The fourth-order valence-corrected chi connectivity index (χ4v) is 1.56. The molecule has 1 aliphatic heterocycles. The number of aliphatic hydroxyl groups excluding tert-OH is 1. The molecule has 86 valence electrons. The van der Waals surface area contributed by atoms with Crippen molar-refractivity contribution in [2.45, 2.75) is 38.1 Å². The minimum Gasteiger partial charge on any atom is -0.396 e. The molecule has 5 nitrogen and oxygen atoms in total. The van der Waals surface area contributed by atoms with E-state index >= 15 is 0 Å². The second kappa shape index (κ2) is 6.40. The Balaban J connectivity index is 2.06. The van der Waals surface area contributed by atoms with Crippen LogP contribution >= 0.6 is 0 Å². The standard InChI is InChI=1S/C10H18N2O3/c13-7-3-1-2-6-11-10(15)8-4-5-9(14)12-8/h8,13H,1-7H2,(H,11,15)(H,12,14)/t8-/m0/s1. The van der Waals surface area contributed by atoms with Gasteiger partial charge in [-0.2, -0.15) is 0 Å². The molecular weight excluding hydrogens is 196 g/mol. The molecule has 0 spiro atoms. The van der Waals surface area contributed by atoms with Gasteiger partial charge in [-0.05, 0) is 25.7 Å². The van der Waals surface area contributed by atoms with E-state index in [1.807, 2.05) is 0 Å². The molecule has 0 aromatic carbocycles. The predicted octanol–water partition coefficient (Wildman–Crippen LogP) is -0.456. The maximum Gasteiger partial charge on any atom is 0.242 e. The Morgan fingerprint density at radius 3 is 2.87 bits per heavy atom. The van der Waals surface area contributed by atoms with Gasteiger partial charge in [0, 0.05) is 19.6 Å². The van der Waals surface area contributed by atoms with Crippen molar-refractivity contribution in [2.75, 3.05) is 13.2 Å². The van der Waals surface area contributed by atoms with Gasteiger partial charge in [0.15, 0.2) is 0 Å². The molecule has 0 radical (unpaired) electrons. The Labute approximate surface area is 89.2 Å². The van der Waals surface area contributed by atoms with Gasteiger partial charge in [0.1, 0.15) is 6.04 Å². The van der Waals surface area contributed by atoms with E-state index in [-0.39, 0.29) is 24.5 Å². The highest BCUT2D eigenvalue weighted by atomic mass is 16.3. The van der Waals surface area contributed by atoms with Crippen molar-refractivity contribution in [1.29, 1.82) is 0 Å². The second-order valence-electron chi connectivity index (χ2n) is 3.73. The van der Waals surface area contributed by atoms with Crippen LogP contribution in [0.1, 0.15) is 32.1 Å². The van der Waals surface area contributed by atoms with Crippen LogP contribution < -0.4 is 10.6 Å². The van der Waals surface area contributed by atoms with Crippen LogP contribution in [0.15, 0.2) is 0 Å². The third-order valence-corrected chi connectivity index (χ3v) is 2.45. The lowest BCUT2D eigenvalue weighted by atomic mass is 10.2. The lowest BCUT2D eigenvalue weighted by Gasteiger charge is -2.10. The summed E-state index contributed by atoms with van der Waals surface area (Å²) < 4.78 is 0. The summed E-state index contributed by atoms with van der Waals surface area (Å²) in [5.74, 6) is -0.139. The van der Waals surface area contributed by atoms with Gasteiger partial charge in [0.25, 0.3) is 0 Å². The highest BCUT2D eigenvalue weighted by Crippen LogP contribution is 2.06. The van der Waals surface area contributed by atoms with Gasteiger partial charge >= 0.3 is 0 Å². The first-order chi connectivity index (χ1) is 7.24. The molecule has 0 aliphatic carbocycles. The maximum absolute atomic E-state index is 11.4. The summed E-state index contributed by atoms with van der Waals surface area (Å²) in [5.41, 5.74) is 0. The number of aliphatic hydroxyl groups is 1. The highest BCUT2D eigenvalue weighted by Gasteiger charge is 2.26. The Bertz CT molecular complexity index is 231. The molecule has 1 rings (SSSR count). The molecule has 15 heavy (non-hydrogen) atoms. The zero-order chi connectivity index (χ0) is 11.1. The van der Waals surface area contributed by atoms with E-state index in [0.717, 1.165) is 19.3 Å². The van der Waals surface area contributed by atoms with Crippen molar-refractivity contribution in [3.63, 3.8) is 0 Å². The van der Waals surface area contributed by atoms with Crippen LogP contribution in [0.25, 0.3) is 0 Å². The summed E-state index contributed by atoms with van der Waals surface area (Å²) in [5, 5.41) is 13.9. The second-order valence-corrected chi connectivity index (χ2v) is 3.73. The first-order valence-corrected chi connectivity index (χ1v) is 5.42. The number of amides is 2. The zero-order valence-electron chi connectivity index (χ0n) is 8.79. The summed E-state index contributed by atoms with van der Waals surface area (Å²) >= 11 is 0. The molecule has 1 saturated heterocycles. The average molecular weight is 214 g/mol. The molecule has 0 aromatic heterocycles. The quantitative estimate of drug-likeness (QED) is 0.524. The molecule has 1 fully saturated rings. The highest BCUT2D eigenvalue weighted by molar-refractivity contribution is 5.90. The molecule has 1 aliphatic rings. The first kappa shape index (κ1) is 12.0. The molecule has 3 N–H and O–H groups in total. The van der Waals surface area contributed by atoms with Gasteiger partial charge in [-0.1, -0.05) is 0 Å². The van der Waals surface area contributed by atoms with E-state index in [0.29, 0.717) is 19.4 Å². The number of unbranched alkanes of at least 4 members (excludes halogenated alkanes) is 2. The van der Waals surface area contributed by atoms with Crippen molar-refractivity contribution in [3.8, 4) is 0 Å². The minimum atomic E-state index is -0.338. The molecule has 0 aromatic rings. The zero-order valence-corrected chi connectivity index (χ0v) is 8.79. The van der Waals surface area contributed by atoms with Crippen LogP contribution in [0.2, 0.25) is 0 Å². The van der Waals surface area contributed by atoms with E-state index in [1.165, 1.54) is 0 Å². The van der Waals surface area contributed by atoms with Crippen LogP contribution in [-0.2, 0) is 9.59 Å². The lowest BCUT2D eigenvalue weighted by molar-refractivity contribution is -0.125. The van der Waals surface area contributed by atoms with Crippen LogP contribution in [0.5, 0.6) is 0 Å². The summed E-state index contributed by atoms with van der Waals surface area (Å²) in [6.07, 6.45) is 3.60. The van der Waals surface area contributed by atoms with E-state index in [2.05, 4.69) is 10.6 Å². The number of hydrogen-bond donors (Lipinski definition) is 3. The molecule has 5 heteroatoms. The van der Waals surface area contributed by atoms with Gasteiger partial charge < -0.3 is 15.7 Å². The average Bonchev–Trinajstić information content (AvgIpc) is 2.64. The van der Waals surface area contributed by atoms with Gasteiger partial charge in [-0.15, -0.1) is 0 Å². The summed E-state index contributed by atoms with van der Waals surface area (Å²) in [4.78, 5) is 22.3. The number of hydrogen-bond acceptors (Lipinski definition) is 3. The first-order valence-electron chi connectivity index (χ1n) is 5.42. The normalized spacial score (nSPS) is 20.1. The minimum absolute atomic E-state index is 0.0459. The summed E-state index contributed by atoms with van der Waals surface area (Å²) in [7, 11) is 0. The number of carbonyl (C=O) groups is 2. The van der Waals surface area contributed by atoms with E-state index in [4.69, 9.17) is 5.11 Å². The molecule has 0 unspecified atom stereocenters. The molecule has 0 saturated carbocycles. The number of carbonyl (C=O) groups excluding carboxylic acids is 2. The fraction of sp³-hybridized carbons (Fsp3) is 0.800. The SMILES string of the molecule is O=C1CC[C@@H](C(=O)NCCCCCO)N1. The third kappa shape index (κ3) is 4.29. The Kier molecular flexibility index (Phi) is 5.10. The molecule has 2 amide bonds. The smallest absolute Gasteiger partial charge is 0.242 e. The van der Waals surface area contributed by atoms with Crippen molar-refractivity contribution < 1.29 is 14.7 Å². The molecule has 1 heterocycles. The molecule has 0 bridgehead atoms. The molecular formula is C10H18N2O3. The lowest BCUT2D eigenvalue weighted by Crippen LogP contribution is -2.41. The van der Waals surface area contributed by atoms with Crippen molar-refractivity contribution in [1.82, 2.24) is 10.6 Å². The van der Waals surface area contributed by atoms with E-state index < -0.39 is 0 Å². The van der Waals surface area contributed by atoms with Crippen LogP contribution in [0.4, 0.5) is 0 Å². The van der Waals surface area contributed by atoms with E-state index in [9.17, 15) is 9.59 Å². The van der Waals surface area contributed by atoms with Crippen LogP contribution in [0.3, 0.4) is 0 Å². The van der Waals surface area contributed by atoms with Crippen molar-refractivity contribution in [2.24, 2.45) is 0 Å². The van der Waals surface area contributed by atoms with Crippen molar-refractivity contribution >= 4 is 11.8 Å². The van der Waals surface area contributed by atoms with Crippen molar-refractivity contribution in [3.05, 3.63) is 0 Å². The maximum atomic E-state index is 11.4. The Hall–Kier alpha value is -1.10. The predicted molar refractivity (Wildman–Crippen MR) is 55.1 cm³/mol. The van der Waals surface area contributed by atoms with Crippen LogP contribution in [0, 0.1) is 0 Å².